The third-order valence-corrected chi connectivity index (χ3v) is 2.91. The zero-order valence-electron chi connectivity index (χ0n) is 12.1. The normalized spacial score (nSPS) is 10.3. The molecule has 0 aliphatic carbocycles. The molecule has 0 aliphatic rings. The summed E-state index contributed by atoms with van der Waals surface area (Å²) in [6.07, 6.45) is 2.62. The Bertz CT molecular complexity index is 374. The summed E-state index contributed by atoms with van der Waals surface area (Å²) in [6, 6.07) is 8.04. The molecule has 4 nitrogen and oxygen atoms in total. The van der Waals surface area contributed by atoms with Gasteiger partial charge in [0.2, 0.25) is 5.91 Å². The largest absolute Gasteiger partial charge is 0.385 e. The molecule has 1 aromatic carbocycles. The van der Waals surface area contributed by atoms with Gasteiger partial charge in [0.15, 0.2) is 0 Å². The van der Waals surface area contributed by atoms with E-state index in [1.807, 2.05) is 24.3 Å². The van der Waals surface area contributed by atoms with Crippen molar-refractivity contribution in [2.75, 3.05) is 39.7 Å². The van der Waals surface area contributed by atoms with E-state index >= 15 is 0 Å². The van der Waals surface area contributed by atoms with Gasteiger partial charge in [0.25, 0.3) is 0 Å². The van der Waals surface area contributed by atoms with Crippen LogP contribution in [0.2, 0.25) is 0 Å². The molecule has 0 unspecified atom stereocenters. The van der Waals surface area contributed by atoms with Gasteiger partial charge in [0, 0.05) is 40.0 Å². The first-order valence-electron chi connectivity index (χ1n) is 6.65. The lowest BCUT2D eigenvalue weighted by Crippen LogP contribution is -2.23. The first kappa shape index (κ1) is 15.5. The molecule has 0 atom stereocenters. The molecule has 4 heteroatoms. The van der Waals surface area contributed by atoms with Crippen LogP contribution in [-0.2, 0) is 16.0 Å². The fraction of sp³-hybridized carbons (Fsp3) is 0.533. The first-order valence-corrected chi connectivity index (χ1v) is 6.65. The molecule has 0 saturated heterocycles. The van der Waals surface area contributed by atoms with Crippen molar-refractivity contribution in [2.24, 2.45) is 0 Å². The Labute approximate surface area is 115 Å². The average Bonchev–Trinajstić information content (AvgIpc) is 2.40. The lowest BCUT2D eigenvalue weighted by Gasteiger charge is -2.11. The van der Waals surface area contributed by atoms with E-state index in [0.29, 0.717) is 6.42 Å². The number of benzene rings is 1. The van der Waals surface area contributed by atoms with Crippen molar-refractivity contribution in [1.82, 2.24) is 4.90 Å². The summed E-state index contributed by atoms with van der Waals surface area (Å²) in [5, 5.41) is 3.36. The van der Waals surface area contributed by atoms with Crippen LogP contribution in [0.1, 0.15) is 18.4 Å². The molecule has 0 saturated carbocycles. The van der Waals surface area contributed by atoms with Crippen LogP contribution in [0.15, 0.2) is 24.3 Å². The van der Waals surface area contributed by atoms with E-state index in [9.17, 15) is 4.79 Å². The summed E-state index contributed by atoms with van der Waals surface area (Å²) in [7, 11) is 5.28. The van der Waals surface area contributed by atoms with Crippen molar-refractivity contribution in [2.45, 2.75) is 19.3 Å². The molecule has 1 rings (SSSR count). The van der Waals surface area contributed by atoms with Crippen molar-refractivity contribution < 1.29 is 9.53 Å². The summed E-state index contributed by atoms with van der Waals surface area (Å²) in [5.41, 5.74) is 2.14. The van der Waals surface area contributed by atoms with Gasteiger partial charge in [-0.15, -0.1) is 0 Å². The maximum atomic E-state index is 11.6. The lowest BCUT2D eigenvalue weighted by molar-refractivity contribution is -0.127. The SMILES string of the molecule is COCCCCNc1ccc(CC(=O)N(C)C)cc1. The van der Waals surface area contributed by atoms with Crippen LogP contribution in [0.25, 0.3) is 0 Å². The van der Waals surface area contributed by atoms with Gasteiger partial charge in [-0.25, -0.2) is 0 Å². The van der Waals surface area contributed by atoms with Crippen molar-refractivity contribution in [1.29, 1.82) is 0 Å². The average molecular weight is 264 g/mol. The second-order valence-electron chi connectivity index (χ2n) is 4.79. The summed E-state index contributed by atoms with van der Waals surface area (Å²) in [5.74, 6) is 0.125. The van der Waals surface area contributed by atoms with Crippen LogP contribution in [0.3, 0.4) is 0 Å². The molecule has 0 aromatic heterocycles. The maximum Gasteiger partial charge on any atom is 0.226 e. The number of methoxy groups -OCH3 is 1. The minimum Gasteiger partial charge on any atom is -0.385 e. The van der Waals surface area contributed by atoms with Gasteiger partial charge < -0.3 is 15.0 Å². The Morgan fingerprint density at radius 3 is 2.47 bits per heavy atom. The fourth-order valence-corrected chi connectivity index (χ4v) is 1.68. The van der Waals surface area contributed by atoms with E-state index in [0.717, 1.165) is 37.2 Å². The minimum atomic E-state index is 0.125. The number of likely N-dealkylation sites (N-methyl/N-ethyl adjacent to an activating group) is 1. The third-order valence-electron chi connectivity index (χ3n) is 2.91. The zero-order chi connectivity index (χ0) is 14.1. The minimum absolute atomic E-state index is 0.125. The van der Waals surface area contributed by atoms with Crippen LogP contribution in [0.4, 0.5) is 5.69 Å². The number of amides is 1. The molecule has 0 radical (unpaired) electrons. The Kier molecular flexibility index (Phi) is 6.97. The number of rotatable bonds is 8. The molecular weight excluding hydrogens is 240 g/mol. The number of hydrogen-bond acceptors (Lipinski definition) is 3. The van der Waals surface area contributed by atoms with E-state index in [1.54, 1.807) is 26.1 Å². The van der Waals surface area contributed by atoms with Crippen LogP contribution >= 0.6 is 0 Å². The first-order chi connectivity index (χ1) is 9.13. The molecule has 106 valence electrons. The van der Waals surface area contributed by atoms with Gasteiger partial charge in [-0.3, -0.25) is 4.79 Å². The summed E-state index contributed by atoms with van der Waals surface area (Å²) >= 11 is 0. The zero-order valence-corrected chi connectivity index (χ0v) is 12.1. The van der Waals surface area contributed by atoms with Gasteiger partial charge in [0.05, 0.1) is 6.42 Å². The van der Waals surface area contributed by atoms with Gasteiger partial charge in [-0.2, -0.15) is 0 Å². The molecular formula is C15H24N2O2. The highest BCUT2D eigenvalue weighted by Gasteiger charge is 2.04. The van der Waals surface area contributed by atoms with Crippen LogP contribution in [-0.4, -0.2) is 45.2 Å². The van der Waals surface area contributed by atoms with E-state index in [4.69, 9.17) is 4.74 Å². The predicted molar refractivity (Wildman–Crippen MR) is 78.4 cm³/mol. The topological polar surface area (TPSA) is 41.6 Å². The standard InChI is InChI=1S/C15H24N2O2/c1-17(2)15(18)12-13-6-8-14(9-7-13)16-10-4-5-11-19-3/h6-9,16H,4-5,10-12H2,1-3H3. The Hall–Kier alpha value is -1.55. The summed E-state index contributed by atoms with van der Waals surface area (Å²) in [4.78, 5) is 13.2. The van der Waals surface area contributed by atoms with Gasteiger partial charge >= 0.3 is 0 Å². The predicted octanol–water partition coefficient (Wildman–Crippen LogP) is 2.16. The van der Waals surface area contributed by atoms with Crippen LogP contribution in [0.5, 0.6) is 0 Å². The van der Waals surface area contributed by atoms with Crippen molar-refractivity contribution in [3.63, 3.8) is 0 Å². The van der Waals surface area contributed by atoms with Crippen LogP contribution < -0.4 is 5.32 Å². The lowest BCUT2D eigenvalue weighted by atomic mass is 10.1. The Morgan fingerprint density at radius 1 is 1.21 bits per heavy atom. The summed E-state index contributed by atoms with van der Waals surface area (Å²) < 4.78 is 5.00. The Morgan fingerprint density at radius 2 is 1.89 bits per heavy atom. The molecule has 1 amide bonds. The highest BCUT2D eigenvalue weighted by atomic mass is 16.5. The summed E-state index contributed by atoms with van der Waals surface area (Å²) in [6.45, 7) is 1.76. The highest BCUT2D eigenvalue weighted by molar-refractivity contribution is 5.78. The number of ether oxygens (including phenoxy) is 1. The molecule has 1 N–H and O–H groups in total. The number of hydrogen-bond donors (Lipinski definition) is 1. The number of anilines is 1. The molecule has 0 fully saturated rings. The number of carbonyl (C=O) groups is 1. The maximum absolute atomic E-state index is 11.6. The molecule has 0 heterocycles. The molecule has 0 bridgehead atoms. The molecule has 0 aliphatic heterocycles. The quantitative estimate of drug-likeness (QED) is 0.732. The van der Waals surface area contributed by atoms with Crippen molar-refractivity contribution in [3.8, 4) is 0 Å². The van der Waals surface area contributed by atoms with Gasteiger partial charge in [0.1, 0.15) is 0 Å². The van der Waals surface area contributed by atoms with Gasteiger partial charge in [-0.1, -0.05) is 12.1 Å². The second kappa shape index (κ2) is 8.53. The van der Waals surface area contributed by atoms with E-state index in [2.05, 4.69) is 5.32 Å². The third kappa shape index (κ3) is 6.25. The fourth-order valence-electron chi connectivity index (χ4n) is 1.68. The number of nitrogens with zero attached hydrogens (tertiary/aromatic N) is 1. The van der Waals surface area contributed by atoms with E-state index in [-0.39, 0.29) is 5.91 Å². The Balaban J connectivity index is 2.33. The van der Waals surface area contributed by atoms with Gasteiger partial charge in [-0.05, 0) is 30.5 Å². The number of nitrogens with one attached hydrogen (secondary N) is 1. The molecule has 0 spiro atoms. The van der Waals surface area contributed by atoms with Crippen LogP contribution in [0, 0.1) is 0 Å². The molecule has 1 aromatic rings. The monoisotopic (exact) mass is 264 g/mol. The van der Waals surface area contributed by atoms with Crippen molar-refractivity contribution in [3.05, 3.63) is 29.8 Å². The van der Waals surface area contributed by atoms with E-state index in [1.165, 1.54) is 0 Å². The van der Waals surface area contributed by atoms with E-state index < -0.39 is 0 Å². The highest BCUT2D eigenvalue weighted by Crippen LogP contribution is 2.10. The number of unbranched alkanes of at least 4 members (excludes halogenated alkanes) is 1. The smallest absolute Gasteiger partial charge is 0.226 e. The van der Waals surface area contributed by atoms with Crippen molar-refractivity contribution >= 4 is 11.6 Å². The number of carbonyl (C=O) groups excluding carboxylic acids is 1. The molecule has 19 heavy (non-hydrogen) atoms. The second-order valence-corrected chi connectivity index (χ2v) is 4.79.